The molecule has 7 heteroatoms. The quantitative estimate of drug-likeness (QED) is 0.160. The smallest absolute Gasteiger partial charge is 0.219 e. The van der Waals surface area contributed by atoms with Crippen LogP contribution >= 0.6 is 0 Å². The molecule has 1 atom stereocenters. The Hall–Kier alpha value is -3.55. The lowest BCUT2D eigenvalue weighted by Crippen LogP contribution is -2.47. The summed E-state index contributed by atoms with van der Waals surface area (Å²) < 4.78 is 71.4. The van der Waals surface area contributed by atoms with E-state index < -0.39 is 39.7 Å². The van der Waals surface area contributed by atoms with Crippen LogP contribution < -0.4 is 0 Å². The van der Waals surface area contributed by atoms with Gasteiger partial charge in [0.05, 0.1) is 15.7 Å². The lowest BCUT2D eigenvalue weighted by molar-refractivity contribution is 0.331. The number of rotatable bonds is 12. The van der Waals surface area contributed by atoms with Gasteiger partial charge in [0.1, 0.15) is 0 Å². The summed E-state index contributed by atoms with van der Waals surface area (Å²) in [6, 6.07) is 28.5. The zero-order valence-corrected chi connectivity index (χ0v) is 26.7. The average molecular weight is 619 g/mol. The molecular formula is C36H39FO4S2. The molecule has 0 heterocycles. The Bertz CT molecular complexity index is 1660. The molecule has 4 nitrogen and oxygen atoms in total. The average Bonchev–Trinajstić information content (AvgIpc) is 2.99. The second kappa shape index (κ2) is 13.4. The van der Waals surface area contributed by atoms with E-state index >= 15 is 4.39 Å². The minimum absolute atomic E-state index is 0.238. The van der Waals surface area contributed by atoms with Crippen molar-refractivity contribution in [2.24, 2.45) is 11.8 Å². The molecule has 0 radical (unpaired) electrons. The Kier molecular flexibility index (Phi) is 10.1. The molecule has 0 aliphatic rings. The molecule has 226 valence electrons. The first-order valence-corrected chi connectivity index (χ1v) is 17.5. The maximum absolute atomic E-state index is 18.1. The second-order valence-corrected chi connectivity index (χ2v) is 16.1. The summed E-state index contributed by atoms with van der Waals surface area (Å²) in [5.74, 6) is -0.841. The first-order chi connectivity index (χ1) is 20.4. The van der Waals surface area contributed by atoms with E-state index in [1.54, 1.807) is 30.3 Å². The highest BCUT2D eigenvalue weighted by Gasteiger charge is 2.62. The highest BCUT2D eigenvalue weighted by atomic mass is 32.3. The Balaban J connectivity index is 1.96. The molecule has 0 aliphatic heterocycles. The molecule has 4 aromatic rings. The highest BCUT2D eigenvalue weighted by Crippen LogP contribution is 2.48. The molecule has 0 aromatic heterocycles. The van der Waals surface area contributed by atoms with E-state index in [9.17, 15) is 16.8 Å². The molecule has 43 heavy (non-hydrogen) atoms. The minimum atomic E-state index is -5.11. The number of benzene rings is 4. The van der Waals surface area contributed by atoms with Crippen molar-refractivity contribution < 1.29 is 21.2 Å². The van der Waals surface area contributed by atoms with E-state index in [1.165, 1.54) is 54.6 Å². The summed E-state index contributed by atoms with van der Waals surface area (Å²) in [7, 11) is -10.2. The zero-order chi connectivity index (χ0) is 31.3. The maximum Gasteiger partial charge on any atom is 0.327 e. The van der Waals surface area contributed by atoms with Crippen molar-refractivity contribution in [3.05, 3.63) is 138 Å². The lowest BCUT2D eigenvalue weighted by atomic mass is 9.95. The van der Waals surface area contributed by atoms with Crippen LogP contribution in [0.2, 0.25) is 0 Å². The van der Waals surface area contributed by atoms with Gasteiger partial charge in [0.15, 0.2) is 0 Å². The van der Waals surface area contributed by atoms with Crippen molar-refractivity contribution in [2.45, 2.75) is 60.6 Å². The van der Waals surface area contributed by atoms with Crippen molar-refractivity contribution >= 4 is 25.8 Å². The highest BCUT2D eigenvalue weighted by molar-refractivity contribution is 8.10. The third-order valence-electron chi connectivity index (χ3n) is 7.30. The maximum atomic E-state index is 18.1. The summed E-state index contributed by atoms with van der Waals surface area (Å²) in [4.78, 5) is -0.824. The van der Waals surface area contributed by atoms with Crippen LogP contribution in [0.4, 0.5) is 4.39 Å². The summed E-state index contributed by atoms with van der Waals surface area (Å²) in [5, 5.41) is 0. The molecule has 0 saturated carbocycles. The molecule has 4 aromatic carbocycles. The number of hydrogen-bond donors (Lipinski definition) is 0. The van der Waals surface area contributed by atoms with E-state index in [2.05, 4.69) is 27.7 Å². The second-order valence-electron chi connectivity index (χ2n) is 11.7. The summed E-state index contributed by atoms with van der Waals surface area (Å²) >= 11 is 0. The van der Waals surface area contributed by atoms with E-state index in [0.717, 1.165) is 24.0 Å². The topological polar surface area (TPSA) is 68.3 Å². The van der Waals surface area contributed by atoms with Gasteiger partial charge in [-0.25, -0.2) is 21.2 Å². The predicted molar refractivity (Wildman–Crippen MR) is 173 cm³/mol. The van der Waals surface area contributed by atoms with Crippen LogP contribution in [-0.4, -0.2) is 21.2 Å². The molecule has 0 N–H and O–H groups in total. The number of alkyl halides is 1. The van der Waals surface area contributed by atoms with Crippen LogP contribution in [0.25, 0.3) is 6.08 Å². The van der Waals surface area contributed by atoms with Crippen molar-refractivity contribution in [1.82, 2.24) is 0 Å². The summed E-state index contributed by atoms with van der Waals surface area (Å²) in [6.45, 7) is 8.42. The molecule has 0 spiro atoms. The van der Waals surface area contributed by atoms with Gasteiger partial charge in [-0.2, -0.15) is 0 Å². The fourth-order valence-corrected chi connectivity index (χ4v) is 9.70. The SMILES string of the molecule is CC(C)Cc1ccc(/C=C/C(c2ccc(CC(C)C)cc2)C(F)(S(=O)(=O)c2ccccc2)S(=O)(=O)c2ccccc2)cc1. The third kappa shape index (κ3) is 7.00. The molecule has 0 fully saturated rings. The van der Waals surface area contributed by atoms with Crippen LogP contribution in [0.5, 0.6) is 0 Å². The van der Waals surface area contributed by atoms with Crippen LogP contribution in [0, 0.1) is 11.8 Å². The Morgan fingerprint density at radius 1 is 0.605 bits per heavy atom. The molecular weight excluding hydrogens is 580 g/mol. The molecule has 1 unspecified atom stereocenters. The van der Waals surface area contributed by atoms with Crippen molar-refractivity contribution in [3.63, 3.8) is 0 Å². The number of halogens is 1. The lowest BCUT2D eigenvalue weighted by Gasteiger charge is -2.32. The third-order valence-corrected chi connectivity index (χ3v) is 12.4. The van der Waals surface area contributed by atoms with Gasteiger partial charge >= 0.3 is 4.33 Å². The van der Waals surface area contributed by atoms with Crippen molar-refractivity contribution in [3.8, 4) is 0 Å². The largest absolute Gasteiger partial charge is 0.327 e. The van der Waals surface area contributed by atoms with Crippen LogP contribution in [0.1, 0.15) is 55.9 Å². The van der Waals surface area contributed by atoms with Gasteiger partial charge in [0.25, 0.3) is 0 Å². The number of sulfone groups is 2. The summed E-state index contributed by atoms with van der Waals surface area (Å²) in [6.07, 6.45) is 4.64. The van der Waals surface area contributed by atoms with Gasteiger partial charge < -0.3 is 0 Å². The fourth-order valence-electron chi connectivity index (χ4n) is 5.20. The van der Waals surface area contributed by atoms with Gasteiger partial charge in [0, 0.05) is 0 Å². The fraction of sp³-hybridized carbons (Fsp3) is 0.278. The van der Waals surface area contributed by atoms with Crippen molar-refractivity contribution in [1.29, 1.82) is 0 Å². The molecule has 0 bridgehead atoms. The Morgan fingerprint density at radius 3 is 1.40 bits per heavy atom. The van der Waals surface area contributed by atoms with Gasteiger partial charge in [-0.3, -0.25) is 0 Å². The van der Waals surface area contributed by atoms with Gasteiger partial charge in [-0.05, 0) is 71.2 Å². The van der Waals surface area contributed by atoms with E-state index in [0.29, 0.717) is 17.4 Å². The van der Waals surface area contributed by atoms with Crippen LogP contribution in [0.3, 0.4) is 0 Å². The number of allylic oxidation sites excluding steroid dienone is 1. The zero-order valence-electron chi connectivity index (χ0n) is 25.0. The normalized spacial score (nSPS) is 13.6. The van der Waals surface area contributed by atoms with Gasteiger partial charge in [-0.15, -0.1) is 0 Å². The molecule has 0 aliphatic carbocycles. The van der Waals surface area contributed by atoms with E-state index in [1.807, 2.05) is 36.4 Å². The Labute approximate surface area is 256 Å². The van der Waals surface area contributed by atoms with Gasteiger partial charge in [0.2, 0.25) is 19.7 Å². The van der Waals surface area contributed by atoms with Crippen LogP contribution in [-0.2, 0) is 32.5 Å². The van der Waals surface area contributed by atoms with Gasteiger partial charge in [-0.1, -0.05) is 125 Å². The Morgan fingerprint density at radius 2 is 1.00 bits per heavy atom. The number of hydrogen-bond acceptors (Lipinski definition) is 4. The predicted octanol–water partition coefficient (Wildman–Crippen LogP) is 8.45. The summed E-state index contributed by atoms with van der Waals surface area (Å²) in [5.41, 5.74) is 3.07. The molecule has 0 amide bonds. The first-order valence-electron chi connectivity index (χ1n) is 14.5. The van der Waals surface area contributed by atoms with E-state index in [4.69, 9.17) is 0 Å². The van der Waals surface area contributed by atoms with Crippen molar-refractivity contribution in [2.75, 3.05) is 0 Å². The van der Waals surface area contributed by atoms with Crippen LogP contribution in [0.15, 0.2) is 125 Å². The molecule has 4 rings (SSSR count). The molecule has 0 saturated heterocycles. The minimum Gasteiger partial charge on any atom is -0.219 e. The first kappa shape index (κ1) is 32.4. The van der Waals surface area contributed by atoms with E-state index in [-0.39, 0.29) is 5.56 Å². The monoisotopic (exact) mass is 618 g/mol. The standard InChI is InChI=1S/C36H39FO4S2/c1-27(2)25-30-17-15-29(16-18-30)21-24-35(32-22-19-31(20-23-32)26-28(3)4)36(37,42(38,39)33-11-7-5-8-12-33)43(40,41)34-13-9-6-10-14-34/h5-24,27-28,35H,25-26H2,1-4H3/b24-21+.